The summed E-state index contributed by atoms with van der Waals surface area (Å²) in [4.78, 5) is 11.8. The van der Waals surface area contributed by atoms with Gasteiger partial charge in [0, 0.05) is 17.4 Å². The maximum Gasteiger partial charge on any atom is 0.200 e. The third kappa shape index (κ3) is 1.85. The Morgan fingerprint density at radius 1 is 1.44 bits per heavy atom. The lowest BCUT2D eigenvalue weighted by Gasteiger charge is -2.02. The second kappa shape index (κ2) is 4.08. The van der Waals surface area contributed by atoms with Crippen molar-refractivity contribution in [3.8, 4) is 0 Å². The summed E-state index contributed by atoms with van der Waals surface area (Å²) in [5.74, 6) is -0.135. The fourth-order valence-electron chi connectivity index (χ4n) is 1.55. The van der Waals surface area contributed by atoms with Gasteiger partial charge in [0.15, 0.2) is 5.76 Å². The van der Waals surface area contributed by atoms with Crippen molar-refractivity contribution in [2.45, 2.75) is 20.3 Å². The van der Waals surface area contributed by atoms with Crippen LogP contribution in [0.15, 0.2) is 28.7 Å². The zero-order valence-corrected chi connectivity index (χ0v) is 9.29. The maximum absolute atomic E-state index is 12.9. The minimum Gasteiger partial charge on any atom is -0.453 e. The molecular weight excluding hydrogens is 207 g/mol. The highest BCUT2D eigenvalue weighted by atomic mass is 19.1. The number of furan rings is 1. The summed E-state index contributed by atoms with van der Waals surface area (Å²) in [5, 5.41) is 0.757. The molecule has 84 valence electrons. The molecule has 2 nitrogen and oxygen atoms in total. The first kappa shape index (κ1) is 10.9. The molecule has 0 radical (unpaired) electrons. The molecule has 0 saturated heterocycles. The van der Waals surface area contributed by atoms with E-state index in [2.05, 4.69) is 0 Å². The Hall–Kier alpha value is -1.64. The maximum atomic E-state index is 12.9. The van der Waals surface area contributed by atoms with E-state index in [0.717, 1.165) is 11.8 Å². The number of hydrogen-bond acceptors (Lipinski definition) is 2. The molecule has 16 heavy (non-hydrogen) atoms. The number of halogens is 1. The van der Waals surface area contributed by atoms with E-state index < -0.39 is 0 Å². The summed E-state index contributed by atoms with van der Waals surface area (Å²) < 4.78 is 18.3. The summed E-state index contributed by atoms with van der Waals surface area (Å²) in [7, 11) is 0. The number of ketones is 1. The van der Waals surface area contributed by atoms with Crippen molar-refractivity contribution in [3.63, 3.8) is 0 Å². The number of carbonyl (C=O) groups excluding carboxylic acids is 1. The number of benzene rings is 1. The smallest absolute Gasteiger partial charge is 0.200 e. The third-order valence-corrected chi connectivity index (χ3v) is 2.78. The van der Waals surface area contributed by atoms with Crippen LogP contribution in [0.4, 0.5) is 4.39 Å². The van der Waals surface area contributed by atoms with Crippen molar-refractivity contribution >= 4 is 16.8 Å². The number of fused-ring (bicyclic) bond motifs is 1. The molecule has 0 bridgehead atoms. The van der Waals surface area contributed by atoms with Gasteiger partial charge < -0.3 is 4.42 Å². The molecule has 0 aliphatic heterocycles. The van der Waals surface area contributed by atoms with E-state index in [4.69, 9.17) is 4.42 Å². The molecule has 1 heterocycles. The summed E-state index contributed by atoms with van der Waals surface area (Å²) in [6, 6.07) is 5.93. The zero-order valence-electron chi connectivity index (χ0n) is 9.29. The molecule has 1 aromatic carbocycles. The number of hydrogen-bond donors (Lipinski definition) is 0. The highest BCUT2D eigenvalue weighted by Gasteiger charge is 2.17. The lowest BCUT2D eigenvalue weighted by atomic mass is 10.0. The van der Waals surface area contributed by atoms with Crippen molar-refractivity contribution in [2.75, 3.05) is 0 Å². The molecule has 0 aliphatic carbocycles. The van der Waals surface area contributed by atoms with Gasteiger partial charge in [-0.05, 0) is 24.6 Å². The predicted molar refractivity (Wildman–Crippen MR) is 60.0 cm³/mol. The topological polar surface area (TPSA) is 30.2 Å². The molecule has 2 rings (SSSR count). The first-order chi connectivity index (χ1) is 7.61. The van der Waals surface area contributed by atoms with E-state index in [1.165, 1.54) is 12.1 Å². The van der Waals surface area contributed by atoms with Crippen LogP contribution in [0.3, 0.4) is 0 Å². The van der Waals surface area contributed by atoms with Crippen LogP contribution in [0, 0.1) is 11.7 Å². The Morgan fingerprint density at radius 3 is 2.88 bits per heavy atom. The van der Waals surface area contributed by atoms with Crippen LogP contribution >= 0.6 is 0 Å². The quantitative estimate of drug-likeness (QED) is 0.736. The van der Waals surface area contributed by atoms with E-state index in [1.54, 1.807) is 12.1 Å². The Bertz CT molecular complexity index is 528. The van der Waals surface area contributed by atoms with Crippen LogP contribution in [-0.4, -0.2) is 5.78 Å². The van der Waals surface area contributed by atoms with E-state index >= 15 is 0 Å². The largest absolute Gasteiger partial charge is 0.453 e. The van der Waals surface area contributed by atoms with E-state index in [0.29, 0.717) is 11.3 Å². The Labute approximate surface area is 93.1 Å². The molecule has 0 saturated carbocycles. The molecule has 3 heteroatoms. The fourth-order valence-corrected chi connectivity index (χ4v) is 1.55. The SMILES string of the molecule is CCC(C)C(=O)c1cc2ccc(F)cc2o1. The van der Waals surface area contributed by atoms with Gasteiger partial charge >= 0.3 is 0 Å². The molecule has 0 amide bonds. The average Bonchev–Trinajstić information content (AvgIpc) is 2.69. The van der Waals surface area contributed by atoms with Crippen LogP contribution < -0.4 is 0 Å². The summed E-state index contributed by atoms with van der Waals surface area (Å²) in [6.07, 6.45) is 0.768. The normalized spacial score (nSPS) is 12.9. The van der Waals surface area contributed by atoms with Crippen LogP contribution in [-0.2, 0) is 0 Å². The van der Waals surface area contributed by atoms with Crippen molar-refractivity contribution in [1.82, 2.24) is 0 Å². The minimum atomic E-state index is -0.357. The summed E-state index contributed by atoms with van der Waals surface area (Å²) >= 11 is 0. The second-order valence-corrected chi connectivity index (χ2v) is 3.97. The van der Waals surface area contributed by atoms with Crippen molar-refractivity contribution in [1.29, 1.82) is 0 Å². The first-order valence-electron chi connectivity index (χ1n) is 5.35. The van der Waals surface area contributed by atoms with Gasteiger partial charge in [-0.2, -0.15) is 0 Å². The van der Waals surface area contributed by atoms with Gasteiger partial charge in [0.2, 0.25) is 5.78 Å². The highest BCUT2D eigenvalue weighted by Crippen LogP contribution is 2.22. The molecule has 1 aromatic heterocycles. The molecule has 1 unspecified atom stereocenters. The number of carbonyl (C=O) groups is 1. The standard InChI is InChI=1S/C13H13FO2/c1-3-8(2)13(15)12-6-9-4-5-10(14)7-11(9)16-12/h4-8H,3H2,1-2H3. The second-order valence-electron chi connectivity index (χ2n) is 3.97. The molecule has 1 atom stereocenters. The monoisotopic (exact) mass is 220 g/mol. The first-order valence-corrected chi connectivity index (χ1v) is 5.35. The van der Waals surface area contributed by atoms with Crippen LogP contribution in [0.25, 0.3) is 11.0 Å². The van der Waals surface area contributed by atoms with Crippen LogP contribution in [0.5, 0.6) is 0 Å². The minimum absolute atomic E-state index is 0.0286. The van der Waals surface area contributed by atoms with E-state index in [-0.39, 0.29) is 17.5 Å². The number of Topliss-reactive ketones (excluding diaryl/α,β-unsaturated/α-hetero) is 1. The summed E-state index contributed by atoms with van der Waals surface area (Å²) in [6.45, 7) is 3.81. The molecular formula is C13H13FO2. The van der Waals surface area contributed by atoms with Gasteiger partial charge in [0.1, 0.15) is 11.4 Å². The molecule has 0 aliphatic rings. The Morgan fingerprint density at radius 2 is 2.19 bits per heavy atom. The summed E-state index contributed by atoms with van der Waals surface area (Å²) in [5.41, 5.74) is 0.423. The lowest BCUT2D eigenvalue weighted by Crippen LogP contribution is -2.08. The van der Waals surface area contributed by atoms with Gasteiger partial charge in [-0.3, -0.25) is 4.79 Å². The van der Waals surface area contributed by atoms with Crippen molar-refractivity contribution in [2.24, 2.45) is 5.92 Å². The van der Waals surface area contributed by atoms with Gasteiger partial charge in [0.05, 0.1) is 0 Å². The zero-order chi connectivity index (χ0) is 11.7. The van der Waals surface area contributed by atoms with E-state index in [9.17, 15) is 9.18 Å². The van der Waals surface area contributed by atoms with Gasteiger partial charge in [-0.25, -0.2) is 4.39 Å². The van der Waals surface area contributed by atoms with Crippen molar-refractivity contribution in [3.05, 3.63) is 35.8 Å². The Kier molecular flexibility index (Phi) is 2.77. The van der Waals surface area contributed by atoms with Crippen LogP contribution in [0.1, 0.15) is 30.8 Å². The molecule has 2 aromatic rings. The lowest BCUT2D eigenvalue weighted by molar-refractivity contribution is 0.0901. The molecule has 0 spiro atoms. The predicted octanol–water partition coefficient (Wildman–Crippen LogP) is 3.80. The van der Waals surface area contributed by atoms with Crippen LogP contribution in [0.2, 0.25) is 0 Å². The Balaban J connectivity index is 2.43. The van der Waals surface area contributed by atoms with Gasteiger partial charge in [-0.15, -0.1) is 0 Å². The third-order valence-electron chi connectivity index (χ3n) is 2.78. The highest BCUT2D eigenvalue weighted by molar-refractivity contribution is 5.98. The molecule has 0 N–H and O–H groups in total. The van der Waals surface area contributed by atoms with Gasteiger partial charge in [-0.1, -0.05) is 13.8 Å². The average molecular weight is 220 g/mol. The number of rotatable bonds is 3. The van der Waals surface area contributed by atoms with Crippen molar-refractivity contribution < 1.29 is 13.6 Å². The fraction of sp³-hybridized carbons (Fsp3) is 0.308. The molecule has 0 fully saturated rings. The van der Waals surface area contributed by atoms with Gasteiger partial charge in [0.25, 0.3) is 0 Å². The van der Waals surface area contributed by atoms with E-state index in [1.807, 2.05) is 13.8 Å².